The van der Waals surface area contributed by atoms with Crippen molar-refractivity contribution in [2.45, 2.75) is 18.0 Å². The van der Waals surface area contributed by atoms with E-state index in [0.29, 0.717) is 43.2 Å². The lowest BCUT2D eigenvalue weighted by molar-refractivity contribution is 0.0951. The van der Waals surface area contributed by atoms with Crippen LogP contribution in [0.3, 0.4) is 0 Å². The van der Waals surface area contributed by atoms with Crippen LogP contribution in [-0.4, -0.2) is 54.7 Å². The predicted molar refractivity (Wildman–Crippen MR) is 122 cm³/mol. The minimum absolute atomic E-state index is 0.118. The van der Waals surface area contributed by atoms with Crippen molar-refractivity contribution < 1.29 is 13.2 Å². The van der Waals surface area contributed by atoms with Gasteiger partial charge < -0.3 is 5.32 Å². The Morgan fingerprint density at radius 3 is 2.16 bits per heavy atom. The molecule has 0 bridgehead atoms. The van der Waals surface area contributed by atoms with Crippen LogP contribution in [0, 0.1) is 0 Å². The van der Waals surface area contributed by atoms with Gasteiger partial charge in [-0.2, -0.15) is 4.31 Å². The topological polar surface area (TPSA) is 82.6 Å². The molecule has 166 valence electrons. The van der Waals surface area contributed by atoms with Crippen LogP contribution in [0.1, 0.15) is 21.5 Å². The van der Waals surface area contributed by atoms with E-state index in [-0.39, 0.29) is 5.91 Å². The van der Waals surface area contributed by atoms with Crippen molar-refractivity contribution in [2.75, 3.05) is 26.2 Å². The van der Waals surface area contributed by atoms with Crippen LogP contribution in [0.5, 0.6) is 0 Å². The summed E-state index contributed by atoms with van der Waals surface area (Å²) in [6.07, 6.45) is 3.40. The predicted octanol–water partition coefficient (Wildman–Crippen LogP) is 2.52. The zero-order valence-electron chi connectivity index (χ0n) is 17.7. The number of rotatable bonds is 7. The zero-order chi connectivity index (χ0) is 22.4. The number of aromatic nitrogens is 1. The smallest absolute Gasteiger partial charge is 0.251 e. The Bertz CT molecular complexity index is 1130. The number of carbonyl (C=O) groups excluding carboxylic acids is 1. The summed E-state index contributed by atoms with van der Waals surface area (Å²) in [6, 6.07) is 19.9. The van der Waals surface area contributed by atoms with Crippen LogP contribution in [0.4, 0.5) is 0 Å². The first kappa shape index (κ1) is 22.1. The molecule has 0 unspecified atom stereocenters. The van der Waals surface area contributed by atoms with Crippen molar-refractivity contribution in [1.29, 1.82) is 0 Å². The normalized spacial score (nSPS) is 15.4. The number of nitrogens with one attached hydrogen (secondary N) is 1. The Kier molecular flexibility index (Phi) is 6.94. The number of pyridine rings is 1. The molecule has 2 heterocycles. The molecule has 1 aliphatic rings. The molecule has 32 heavy (non-hydrogen) atoms. The molecule has 4 rings (SSSR count). The van der Waals surface area contributed by atoms with Gasteiger partial charge in [0.25, 0.3) is 5.91 Å². The molecule has 1 aromatic heterocycles. The second-order valence-corrected chi connectivity index (χ2v) is 9.67. The summed E-state index contributed by atoms with van der Waals surface area (Å²) in [5.41, 5.74) is 2.70. The van der Waals surface area contributed by atoms with E-state index in [4.69, 9.17) is 0 Å². The molecule has 0 spiro atoms. The summed E-state index contributed by atoms with van der Waals surface area (Å²) in [7, 11) is -3.44. The number of carbonyl (C=O) groups is 1. The van der Waals surface area contributed by atoms with Gasteiger partial charge in [-0.3, -0.25) is 14.7 Å². The Labute approximate surface area is 188 Å². The highest BCUT2D eigenvalue weighted by Gasteiger charge is 2.28. The van der Waals surface area contributed by atoms with Crippen molar-refractivity contribution in [1.82, 2.24) is 19.5 Å². The lowest BCUT2D eigenvalue weighted by atomic mass is 10.1. The Hall–Kier alpha value is -3.07. The molecule has 1 amide bonds. The summed E-state index contributed by atoms with van der Waals surface area (Å²) in [6.45, 7) is 3.44. The largest absolute Gasteiger partial charge is 0.348 e. The maximum absolute atomic E-state index is 12.8. The maximum Gasteiger partial charge on any atom is 0.251 e. The molecule has 0 radical (unpaired) electrons. The zero-order valence-corrected chi connectivity index (χ0v) is 18.5. The summed E-state index contributed by atoms with van der Waals surface area (Å²) in [5.74, 6) is -0.118. The van der Waals surface area contributed by atoms with E-state index in [2.05, 4.69) is 15.2 Å². The van der Waals surface area contributed by atoms with Gasteiger partial charge in [0, 0.05) is 57.2 Å². The van der Waals surface area contributed by atoms with Gasteiger partial charge in [-0.1, -0.05) is 30.3 Å². The Balaban J connectivity index is 1.28. The van der Waals surface area contributed by atoms with Gasteiger partial charge in [-0.15, -0.1) is 0 Å². The van der Waals surface area contributed by atoms with Crippen LogP contribution < -0.4 is 5.32 Å². The van der Waals surface area contributed by atoms with Gasteiger partial charge in [-0.25, -0.2) is 8.42 Å². The molecule has 0 saturated carbocycles. The van der Waals surface area contributed by atoms with Crippen LogP contribution in [0.2, 0.25) is 0 Å². The Morgan fingerprint density at radius 2 is 1.50 bits per heavy atom. The molecule has 0 aliphatic carbocycles. The molecule has 7 nitrogen and oxygen atoms in total. The Morgan fingerprint density at radius 1 is 0.844 bits per heavy atom. The summed E-state index contributed by atoms with van der Waals surface area (Å²) in [5, 5.41) is 2.91. The highest BCUT2D eigenvalue weighted by atomic mass is 32.2. The van der Waals surface area contributed by atoms with Gasteiger partial charge >= 0.3 is 0 Å². The maximum atomic E-state index is 12.8. The number of piperazine rings is 1. The fourth-order valence-electron chi connectivity index (χ4n) is 3.67. The van der Waals surface area contributed by atoms with Gasteiger partial charge in [-0.05, 0) is 47.5 Å². The van der Waals surface area contributed by atoms with Crippen molar-refractivity contribution in [3.05, 3.63) is 95.8 Å². The molecule has 0 atom stereocenters. The first-order valence-corrected chi connectivity index (χ1v) is 12.0. The lowest BCUT2D eigenvalue weighted by Gasteiger charge is -2.34. The minimum atomic E-state index is -3.44. The van der Waals surface area contributed by atoms with E-state index in [0.717, 1.165) is 17.7 Å². The summed E-state index contributed by atoms with van der Waals surface area (Å²) >= 11 is 0. The van der Waals surface area contributed by atoms with E-state index in [9.17, 15) is 13.2 Å². The van der Waals surface area contributed by atoms with Gasteiger partial charge in [0.05, 0.1) is 4.90 Å². The summed E-state index contributed by atoms with van der Waals surface area (Å²) in [4.78, 5) is 18.9. The van der Waals surface area contributed by atoms with E-state index < -0.39 is 10.0 Å². The van der Waals surface area contributed by atoms with Crippen molar-refractivity contribution in [3.8, 4) is 0 Å². The van der Waals surface area contributed by atoms with Gasteiger partial charge in [0.15, 0.2) is 0 Å². The molecule has 2 aromatic carbocycles. The monoisotopic (exact) mass is 450 g/mol. The van der Waals surface area contributed by atoms with Crippen molar-refractivity contribution in [3.63, 3.8) is 0 Å². The number of hydrogen-bond acceptors (Lipinski definition) is 5. The number of amides is 1. The van der Waals surface area contributed by atoms with Gasteiger partial charge in [0.2, 0.25) is 10.0 Å². The average Bonchev–Trinajstić information content (AvgIpc) is 2.84. The minimum Gasteiger partial charge on any atom is -0.348 e. The molecule has 1 fully saturated rings. The molecule has 3 aromatic rings. The van der Waals surface area contributed by atoms with Crippen LogP contribution in [0.25, 0.3) is 0 Å². The third-order valence-corrected chi connectivity index (χ3v) is 7.45. The molecule has 8 heteroatoms. The second kappa shape index (κ2) is 10.0. The fraction of sp³-hybridized carbons (Fsp3) is 0.250. The average molecular weight is 451 g/mol. The quantitative estimate of drug-likeness (QED) is 0.598. The molecule has 1 N–H and O–H groups in total. The van der Waals surface area contributed by atoms with E-state index in [1.54, 1.807) is 41.0 Å². The number of benzene rings is 2. The second-order valence-electron chi connectivity index (χ2n) is 7.73. The third-order valence-electron chi connectivity index (χ3n) is 5.54. The molecular weight excluding hydrogens is 424 g/mol. The molecular formula is C24H26N4O3S. The summed E-state index contributed by atoms with van der Waals surface area (Å²) < 4.78 is 27.1. The van der Waals surface area contributed by atoms with Crippen molar-refractivity contribution in [2.24, 2.45) is 0 Å². The van der Waals surface area contributed by atoms with Crippen LogP contribution >= 0.6 is 0 Å². The molecule has 1 aliphatic heterocycles. The highest BCUT2D eigenvalue weighted by molar-refractivity contribution is 7.89. The van der Waals surface area contributed by atoms with E-state index in [1.807, 2.05) is 42.5 Å². The highest BCUT2D eigenvalue weighted by Crippen LogP contribution is 2.18. The molecule has 1 saturated heterocycles. The van der Waals surface area contributed by atoms with Crippen molar-refractivity contribution >= 4 is 15.9 Å². The SMILES string of the molecule is O=C(NCc1ccncc1)c1ccc(CN2CCN(S(=O)(=O)c3ccccc3)CC2)cc1. The van der Waals surface area contributed by atoms with Crippen LogP contribution in [0.15, 0.2) is 84.0 Å². The van der Waals surface area contributed by atoms with E-state index >= 15 is 0 Å². The van der Waals surface area contributed by atoms with Gasteiger partial charge in [0.1, 0.15) is 0 Å². The fourth-order valence-corrected chi connectivity index (χ4v) is 5.12. The number of nitrogens with zero attached hydrogens (tertiary/aromatic N) is 3. The first-order chi connectivity index (χ1) is 15.5. The lowest BCUT2D eigenvalue weighted by Crippen LogP contribution is -2.48. The third kappa shape index (κ3) is 5.40. The first-order valence-electron chi connectivity index (χ1n) is 10.6. The van der Waals surface area contributed by atoms with Crippen LogP contribution in [-0.2, 0) is 23.1 Å². The number of hydrogen-bond donors (Lipinski definition) is 1. The van der Waals surface area contributed by atoms with E-state index in [1.165, 1.54) is 0 Å². The standard InChI is InChI=1S/C24H26N4O3S/c29-24(26-18-20-10-12-25-13-11-20)22-8-6-21(7-9-22)19-27-14-16-28(17-15-27)32(30,31)23-4-2-1-3-5-23/h1-13H,14-19H2,(H,26,29). The number of sulfonamides is 1.